The van der Waals surface area contributed by atoms with E-state index >= 15 is 0 Å². The number of nitrogens with zero attached hydrogens (tertiary/aromatic N) is 6. The molecule has 15 nitrogen and oxygen atoms in total. The van der Waals surface area contributed by atoms with E-state index in [1.165, 1.54) is 0 Å². The van der Waals surface area contributed by atoms with E-state index in [2.05, 4.69) is 15.0 Å². The maximum Gasteiger partial charge on any atom is 0.271 e. The molecule has 3 aromatic heterocycles. The molecule has 0 amide bonds. The lowest BCUT2D eigenvalue weighted by atomic mass is 10.2. The Bertz CT molecular complexity index is 3000. The van der Waals surface area contributed by atoms with Crippen LogP contribution in [0, 0.1) is 20.8 Å². The third kappa shape index (κ3) is 7.78. The number of nitrogen functional groups attached to an aromatic ring is 3. The molecular formula is C42H39N9O6S3. The SMILES string of the molecule is Cc1ccc(S(=O)(=O)n2c(N)nc3ccccc32)cc1.Cc1ccc(S(=O)(=O)n2c(N)nc3ccccc32)cc1.Cc1ccc(S(=O)(=O)n2c(N)nc3ccccc32)cc1. The van der Waals surface area contributed by atoms with Crippen LogP contribution in [0.1, 0.15) is 16.7 Å². The number of para-hydroxylation sites is 6. The fourth-order valence-electron chi connectivity index (χ4n) is 6.27. The van der Waals surface area contributed by atoms with Gasteiger partial charge in [0.1, 0.15) is 0 Å². The Kier molecular flexibility index (Phi) is 11.0. The number of rotatable bonds is 6. The van der Waals surface area contributed by atoms with Gasteiger partial charge in [-0.1, -0.05) is 89.5 Å². The Hall–Kier alpha value is -7.02. The number of aryl methyl sites for hydroxylation is 3. The van der Waals surface area contributed by atoms with Crippen LogP contribution in [0.15, 0.2) is 160 Å². The van der Waals surface area contributed by atoms with E-state index in [1.807, 2.05) is 20.8 Å². The van der Waals surface area contributed by atoms with Crippen LogP contribution in [0.5, 0.6) is 0 Å². The predicted molar refractivity (Wildman–Crippen MR) is 234 cm³/mol. The minimum Gasteiger partial charge on any atom is -0.368 e. The Labute approximate surface area is 346 Å². The third-order valence-corrected chi connectivity index (χ3v) is 14.5. The number of imidazole rings is 3. The molecule has 0 unspecified atom stereocenters. The number of aromatic nitrogens is 6. The van der Waals surface area contributed by atoms with Gasteiger partial charge < -0.3 is 17.2 Å². The molecule has 18 heteroatoms. The number of nitrogens with two attached hydrogens (primary N) is 3. The second-order valence-electron chi connectivity index (χ2n) is 13.6. The van der Waals surface area contributed by atoms with Crippen LogP contribution in [0.4, 0.5) is 17.8 Å². The fraction of sp³-hybridized carbons (Fsp3) is 0.0714. The highest BCUT2D eigenvalue weighted by molar-refractivity contribution is 7.90. The van der Waals surface area contributed by atoms with Gasteiger partial charge >= 0.3 is 0 Å². The van der Waals surface area contributed by atoms with Crippen molar-refractivity contribution in [1.82, 2.24) is 26.9 Å². The van der Waals surface area contributed by atoms with Crippen LogP contribution in [-0.2, 0) is 30.1 Å². The largest absolute Gasteiger partial charge is 0.368 e. The zero-order chi connectivity index (χ0) is 43.0. The minimum atomic E-state index is -3.74. The van der Waals surface area contributed by atoms with Crippen molar-refractivity contribution >= 4 is 81.0 Å². The molecule has 0 fully saturated rings. The van der Waals surface area contributed by atoms with Crippen molar-refractivity contribution in [2.75, 3.05) is 17.2 Å². The molecule has 0 aliphatic heterocycles. The standard InChI is InChI=1S/3C14H13N3O2S/c3*1-10-6-8-11(9-7-10)20(18,19)17-13-5-3-2-4-12(13)16-14(17)15/h3*2-9H,1H3,(H2,15,16). The topological polar surface area (TPSA) is 234 Å². The Balaban J connectivity index is 0.000000136. The summed E-state index contributed by atoms with van der Waals surface area (Å²) >= 11 is 0. The molecule has 0 radical (unpaired) electrons. The fourth-order valence-corrected chi connectivity index (χ4v) is 10.4. The van der Waals surface area contributed by atoms with Crippen molar-refractivity contribution in [3.05, 3.63) is 162 Å². The molecule has 9 aromatic rings. The first-order valence-corrected chi connectivity index (χ1v) is 22.5. The highest BCUT2D eigenvalue weighted by Gasteiger charge is 2.25. The maximum absolute atomic E-state index is 12.7. The van der Waals surface area contributed by atoms with Crippen molar-refractivity contribution < 1.29 is 25.3 Å². The first-order valence-electron chi connectivity index (χ1n) is 18.2. The maximum atomic E-state index is 12.7. The van der Waals surface area contributed by atoms with Crippen LogP contribution < -0.4 is 17.2 Å². The quantitative estimate of drug-likeness (QED) is 0.163. The summed E-state index contributed by atoms with van der Waals surface area (Å²) in [6.07, 6.45) is 0. The van der Waals surface area contributed by atoms with E-state index in [1.54, 1.807) is 146 Å². The molecule has 306 valence electrons. The van der Waals surface area contributed by atoms with E-state index in [0.29, 0.717) is 33.1 Å². The van der Waals surface area contributed by atoms with E-state index < -0.39 is 30.1 Å². The third-order valence-electron chi connectivity index (χ3n) is 9.31. The van der Waals surface area contributed by atoms with Gasteiger partial charge in [0.25, 0.3) is 30.1 Å². The second kappa shape index (κ2) is 16.0. The van der Waals surface area contributed by atoms with Gasteiger partial charge in [0.15, 0.2) is 0 Å². The molecular weight excluding hydrogens is 823 g/mol. The molecule has 0 aliphatic rings. The zero-order valence-electron chi connectivity index (χ0n) is 32.4. The molecule has 0 bridgehead atoms. The number of fused-ring (bicyclic) bond motifs is 3. The average Bonchev–Trinajstić information content (AvgIpc) is 3.87. The summed E-state index contributed by atoms with van der Waals surface area (Å²) in [5, 5.41) is 0. The minimum absolute atomic E-state index is 0.0354. The van der Waals surface area contributed by atoms with Crippen molar-refractivity contribution in [1.29, 1.82) is 0 Å². The summed E-state index contributed by atoms with van der Waals surface area (Å²) in [5.41, 5.74) is 23.4. The molecule has 0 aliphatic carbocycles. The normalized spacial score (nSPS) is 11.8. The lowest BCUT2D eigenvalue weighted by molar-refractivity contribution is 0.587. The van der Waals surface area contributed by atoms with Crippen molar-refractivity contribution in [2.45, 2.75) is 35.5 Å². The summed E-state index contributed by atoms with van der Waals surface area (Å²) < 4.78 is 79.3. The highest BCUT2D eigenvalue weighted by atomic mass is 32.2. The number of benzene rings is 6. The van der Waals surface area contributed by atoms with Crippen molar-refractivity contribution in [3.63, 3.8) is 0 Å². The molecule has 6 aromatic carbocycles. The Morgan fingerprint density at radius 3 is 0.800 bits per heavy atom. The van der Waals surface area contributed by atoms with Crippen molar-refractivity contribution in [2.24, 2.45) is 0 Å². The number of anilines is 3. The van der Waals surface area contributed by atoms with Crippen LogP contribution in [0.25, 0.3) is 33.1 Å². The summed E-state index contributed by atoms with van der Waals surface area (Å²) in [7, 11) is -11.2. The number of hydrogen-bond donors (Lipinski definition) is 3. The highest BCUT2D eigenvalue weighted by Crippen LogP contribution is 2.27. The van der Waals surface area contributed by atoms with Gasteiger partial charge in [-0.25, -0.2) is 52.1 Å². The zero-order valence-corrected chi connectivity index (χ0v) is 34.9. The van der Waals surface area contributed by atoms with Crippen LogP contribution in [0.2, 0.25) is 0 Å². The molecule has 9 rings (SSSR count). The predicted octanol–water partition coefficient (Wildman–Crippen LogP) is 6.49. The van der Waals surface area contributed by atoms with Gasteiger partial charge in [0.2, 0.25) is 17.8 Å². The summed E-state index contributed by atoms with van der Waals surface area (Å²) in [4.78, 5) is 12.8. The molecule has 0 atom stereocenters. The molecule has 6 N–H and O–H groups in total. The smallest absolute Gasteiger partial charge is 0.271 e. The Morgan fingerprint density at radius 1 is 0.350 bits per heavy atom. The second-order valence-corrected chi connectivity index (χ2v) is 19.0. The molecule has 60 heavy (non-hydrogen) atoms. The Morgan fingerprint density at radius 2 is 0.567 bits per heavy atom. The van der Waals surface area contributed by atoms with Gasteiger partial charge in [0.05, 0.1) is 47.8 Å². The molecule has 0 saturated carbocycles. The van der Waals surface area contributed by atoms with Gasteiger partial charge in [-0.15, -0.1) is 0 Å². The van der Waals surface area contributed by atoms with Gasteiger partial charge in [-0.05, 0) is 93.6 Å². The monoisotopic (exact) mass is 861 g/mol. The van der Waals surface area contributed by atoms with E-state index in [-0.39, 0.29) is 32.5 Å². The van der Waals surface area contributed by atoms with E-state index in [4.69, 9.17) is 17.2 Å². The summed E-state index contributed by atoms with van der Waals surface area (Å²) in [6.45, 7) is 5.70. The lowest BCUT2D eigenvalue weighted by Crippen LogP contribution is -2.15. The number of hydrogen-bond acceptors (Lipinski definition) is 12. The first-order chi connectivity index (χ1) is 28.5. The van der Waals surface area contributed by atoms with Crippen molar-refractivity contribution in [3.8, 4) is 0 Å². The van der Waals surface area contributed by atoms with Crippen LogP contribution >= 0.6 is 0 Å². The van der Waals surface area contributed by atoms with Gasteiger partial charge in [-0.3, -0.25) is 0 Å². The average molecular weight is 862 g/mol. The first kappa shape index (κ1) is 41.2. The summed E-state index contributed by atoms with van der Waals surface area (Å²) in [5.74, 6) is -0.106. The van der Waals surface area contributed by atoms with Crippen LogP contribution in [0.3, 0.4) is 0 Å². The summed E-state index contributed by atoms with van der Waals surface area (Å²) in [6, 6.07) is 40.8. The molecule has 0 spiro atoms. The van der Waals surface area contributed by atoms with E-state index in [9.17, 15) is 25.3 Å². The molecule has 0 saturated heterocycles. The van der Waals surface area contributed by atoms with Gasteiger partial charge in [0, 0.05) is 0 Å². The molecule has 3 heterocycles. The van der Waals surface area contributed by atoms with E-state index in [0.717, 1.165) is 28.6 Å². The van der Waals surface area contributed by atoms with Gasteiger partial charge in [-0.2, -0.15) is 0 Å². The lowest BCUT2D eigenvalue weighted by Gasteiger charge is -2.08. The van der Waals surface area contributed by atoms with Crippen LogP contribution in [-0.4, -0.2) is 52.1 Å².